The minimum absolute atomic E-state index is 0.0521. The number of nitrogens with one attached hydrogen (secondary N) is 1. The van der Waals surface area contributed by atoms with Gasteiger partial charge in [-0.2, -0.15) is 5.10 Å². The van der Waals surface area contributed by atoms with Crippen LogP contribution in [0.3, 0.4) is 0 Å². The Hall–Kier alpha value is -2.17. The molecule has 0 radical (unpaired) electrons. The summed E-state index contributed by atoms with van der Waals surface area (Å²) in [6.07, 6.45) is 6.16. The topological polar surface area (TPSA) is 59.8 Å². The third-order valence-corrected chi connectivity index (χ3v) is 3.07. The van der Waals surface area contributed by atoms with Gasteiger partial charge in [0.2, 0.25) is 5.91 Å². The molecule has 0 bridgehead atoms. The fourth-order valence-corrected chi connectivity index (χ4v) is 1.61. The first-order valence-corrected chi connectivity index (χ1v) is 6.43. The molecule has 0 aliphatic heterocycles. The summed E-state index contributed by atoms with van der Waals surface area (Å²) < 4.78 is 1.70. The highest BCUT2D eigenvalue weighted by Gasteiger charge is 2.09. The van der Waals surface area contributed by atoms with E-state index in [-0.39, 0.29) is 11.8 Å². The van der Waals surface area contributed by atoms with Crippen LogP contribution in [-0.4, -0.2) is 20.7 Å². The van der Waals surface area contributed by atoms with Gasteiger partial charge in [-0.05, 0) is 24.1 Å². The molecule has 2 aromatic rings. The summed E-state index contributed by atoms with van der Waals surface area (Å²) in [4.78, 5) is 16.0. The lowest BCUT2D eigenvalue weighted by Gasteiger charge is -2.10. The molecule has 5 heteroatoms. The first-order valence-electron chi connectivity index (χ1n) is 6.43. The van der Waals surface area contributed by atoms with Gasteiger partial charge in [-0.3, -0.25) is 4.79 Å². The Balaban J connectivity index is 1.94. The van der Waals surface area contributed by atoms with Crippen molar-refractivity contribution in [1.82, 2.24) is 20.1 Å². The average Bonchev–Trinajstić information content (AvgIpc) is 2.98. The van der Waals surface area contributed by atoms with Crippen LogP contribution in [0.25, 0.3) is 5.82 Å². The molecule has 1 amide bonds. The number of nitrogens with zero attached hydrogens (tertiary/aromatic N) is 3. The zero-order chi connectivity index (χ0) is 13.7. The van der Waals surface area contributed by atoms with Crippen LogP contribution >= 0.6 is 0 Å². The third kappa shape index (κ3) is 3.40. The van der Waals surface area contributed by atoms with Crippen LogP contribution in [0.15, 0.2) is 36.8 Å². The maximum Gasteiger partial charge on any atom is 0.223 e. The predicted molar refractivity (Wildman–Crippen MR) is 72.7 cm³/mol. The zero-order valence-corrected chi connectivity index (χ0v) is 11.2. The normalized spacial score (nSPS) is 12.1. The highest BCUT2D eigenvalue weighted by atomic mass is 16.1. The number of carbonyl (C=O) groups is 1. The second-order valence-corrected chi connectivity index (χ2v) is 4.50. The van der Waals surface area contributed by atoms with Gasteiger partial charge in [0.05, 0.1) is 0 Å². The molecule has 19 heavy (non-hydrogen) atoms. The van der Waals surface area contributed by atoms with Gasteiger partial charge in [0.25, 0.3) is 0 Å². The molecule has 2 heterocycles. The predicted octanol–water partition coefficient (Wildman–Crippen LogP) is 1.93. The molecule has 1 atom stereocenters. The van der Waals surface area contributed by atoms with Gasteiger partial charge in [0, 0.05) is 31.1 Å². The lowest BCUT2D eigenvalue weighted by Crippen LogP contribution is -2.28. The molecule has 0 spiro atoms. The molecule has 2 rings (SSSR count). The second kappa shape index (κ2) is 6.13. The first kappa shape index (κ1) is 13.3. The van der Waals surface area contributed by atoms with Gasteiger partial charge in [0.15, 0.2) is 5.82 Å². The summed E-state index contributed by atoms with van der Waals surface area (Å²) in [5.74, 6) is 0.900. The quantitative estimate of drug-likeness (QED) is 0.891. The summed E-state index contributed by atoms with van der Waals surface area (Å²) in [6, 6.07) is 5.68. The number of amides is 1. The fraction of sp³-hybridized carbons (Fsp3) is 0.357. The molecule has 0 saturated carbocycles. The summed E-state index contributed by atoms with van der Waals surface area (Å²) in [5, 5.41) is 7.01. The molecule has 1 N–H and O–H groups in total. The number of hydrogen-bond acceptors (Lipinski definition) is 3. The van der Waals surface area contributed by atoms with Crippen molar-refractivity contribution in [2.24, 2.45) is 5.92 Å². The Kier molecular flexibility index (Phi) is 4.28. The number of hydrogen-bond donors (Lipinski definition) is 1. The summed E-state index contributed by atoms with van der Waals surface area (Å²) in [6.45, 7) is 4.44. The molecule has 0 aliphatic carbocycles. The number of rotatable bonds is 5. The van der Waals surface area contributed by atoms with E-state index >= 15 is 0 Å². The number of aromatic nitrogens is 3. The van der Waals surface area contributed by atoms with Gasteiger partial charge in [-0.1, -0.05) is 19.9 Å². The van der Waals surface area contributed by atoms with Gasteiger partial charge < -0.3 is 5.32 Å². The molecule has 2 aromatic heterocycles. The van der Waals surface area contributed by atoms with E-state index in [0.717, 1.165) is 17.8 Å². The van der Waals surface area contributed by atoms with E-state index in [1.54, 1.807) is 17.1 Å². The van der Waals surface area contributed by atoms with Crippen molar-refractivity contribution in [3.63, 3.8) is 0 Å². The van der Waals surface area contributed by atoms with Crippen molar-refractivity contribution >= 4 is 5.91 Å². The van der Waals surface area contributed by atoms with Crippen molar-refractivity contribution in [3.05, 3.63) is 42.4 Å². The summed E-state index contributed by atoms with van der Waals surface area (Å²) in [7, 11) is 0. The Morgan fingerprint density at radius 1 is 1.47 bits per heavy atom. The molecular weight excluding hydrogens is 240 g/mol. The van der Waals surface area contributed by atoms with E-state index in [9.17, 15) is 4.79 Å². The van der Waals surface area contributed by atoms with Crippen molar-refractivity contribution in [3.8, 4) is 5.82 Å². The van der Waals surface area contributed by atoms with E-state index in [2.05, 4.69) is 15.4 Å². The van der Waals surface area contributed by atoms with Crippen LogP contribution in [0.1, 0.15) is 25.8 Å². The van der Waals surface area contributed by atoms with E-state index in [4.69, 9.17) is 0 Å². The van der Waals surface area contributed by atoms with Crippen LogP contribution in [0.4, 0.5) is 0 Å². The first-order chi connectivity index (χ1) is 9.20. The number of carbonyl (C=O) groups excluding carboxylic acids is 1. The third-order valence-electron chi connectivity index (χ3n) is 3.07. The monoisotopic (exact) mass is 258 g/mol. The minimum Gasteiger partial charge on any atom is -0.352 e. The lowest BCUT2D eigenvalue weighted by atomic mass is 10.1. The second-order valence-electron chi connectivity index (χ2n) is 4.50. The standard InChI is InChI=1S/C14H18N4O/c1-3-11(2)14(19)16-10-12-5-6-13(15-9-12)18-8-4-7-17-18/h4-9,11H,3,10H2,1-2H3,(H,16,19). The van der Waals surface area contributed by atoms with E-state index in [1.165, 1.54) is 0 Å². The maximum absolute atomic E-state index is 11.7. The fourth-order valence-electron chi connectivity index (χ4n) is 1.61. The Morgan fingerprint density at radius 2 is 2.32 bits per heavy atom. The zero-order valence-electron chi connectivity index (χ0n) is 11.2. The molecular formula is C14H18N4O. The van der Waals surface area contributed by atoms with Crippen LogP contribution in [0.5, 0.6) is 0 Å². The van der Waals surface area contributed by atoms with Gasteiger partial charge in [0.1, 0.15) is 0 Å². The van der Waals surface area contributed by atoms with Crippen molar-refractivity contribution in [2.45, 2.75) is 26.8 Å². The van der Waals surface area contributed by atoms with E-state index < -0.39 is 0 Å². The van der Waals surface area contributed by atoms with Crippen LogP contribution < -0.4 is 5.32 Å². The smallest absolute Gasteiger partial charge is 0.223 e. The highest BCUT2D eigenvalue weighted by molar-refractivity contribution is 5.78. The molecule has 5 nitrogen and oxygen atoms in total. The molecule has 0 aromatic carbocycles. The molecule has 100 valence electrons. The Labute approximate surface area is 112 Å². The SMILES string of the molecule is CCC(C)C(=O)NCc1ccc(-n2cccn2)nc1. The van der Waals surface area contributed by atoms with Crippen LogP contribution in [0, 0.1) is 5.92 Å². The van der Waals surface area contributed by atoms with E-state index in [1.807, 2.05) is 38.2 Å². The van der Waals surface area contributed by atoms with Crippen molar-refractivity contribution in [2.75, 3.05) is 0 Å². The molecule has 0 aliphatic rings. The molecule has 0 fully saturated rings. The largest absolute Gasteiger partial charge is 0.352 e. The summed E-state index contributed by atoms with van der Waals surface area (Å²) >= 11 is 0. The molecule has 1 unspecified atom stereocenters. The van der Waals surface area contributed by atoms with Gasteiger partial charge in [-0.15, -0.1) is 0 Å². The summed E-state index contributed by atoms with van der Waals surface area (Å²) in [5.41, 5.74) is 0.979. The minimum atomic E-state index is 0.0521. The van der Waals surface area contributed by atoms with Crippen LogP contribution in [0.2, 0.25) is 0 Å². The highest BCUT2D eigenvalue weighted by Crippen LogP contribution is 2.05. The lowest BCUT2D eigenvalue weighted by molar-refractivity contribution is -0.124. The maximum atomic E-state index is 11.7. The van der Waals surface area contributed by atoms with Crippen LogP contribution in [-0.2, 0) is 11.3 Å². The average molecular weight is 258 g/mol. The molecule has 0 saturated heterocycles. The van der Waals surface area contributed by atoms with Crippen molar-refractivity contribution < 1.29 is 4.79 Å². The number of pyridine rings is 1. The van der Waals surface area contributed by atoms with Crippen molar-refractivity contribution in [1.29, 1.82) is 0 Å². The van der Waals surface area contributed by atoms with E-state index in [0.29, 0.717) is 6.54 Å². The van der Waals surface area contributed by atoms with Gasteiger partial charge >= 0.3 is 0 Å². The Bertz CT molecular complexity index is 519. The van der Waals surface area contributed by atoms with Gasteiger partial charge in [-0.25, -0.2) is 9.67 Å². The Morgan fingerprint density at radius 3 is 2.89 bits per heavy atom.